The highest BCUT2D eigenvalue weighted by molar-refractivity contribution is 5.96. The molecule has 0 saturated carbocycles. The first-order valence-electron chi connectivity index (χ1n) is 8.71. The van der Waals surface area contributed by atoms with Crippen molar-refractivity contribution in [3.05, 3.63) is 65.7 Å². The Labute approximate surface area is 156 Å². The third kappa shape index (κ3) is 5.32. The fourth-order valence-corrected chi connectivity index (χ4v) is 3.40. The van der Waals surface area contributed by atoms with Gasteiger partial charge in [0.25, 0.3) is 0 Å². The predicted octanol–water partition coefficient (Wildman–Crippen LogP) is 4.57. The molecule has 2 aromatic carbocycles. The number of methoxy groups -OCH3 is 1. The molecule has 1 heterocycles. The molecule has 3 rings (SSSR count). The van der Waals surface area contributed by atoms with Crippen LogP contribution in [-0.4, -0.2) is 37.4 Å². The highest BCUT2D eigenvalue weighted by Crippen LogP contribution is 2.27. The molecule has 1 fully saturated rings. The molecule has 2 aromatic rings. The van der Waals surface area contributed by atoms with Crippen molar-refractivity contribution in [2.24, 2.45) is 0 Å². The molecule has 0 N–H and O–H groups in total. The lowest BCUT2D eigenvalue weighted by Gasteiger charge is -2.32. The number of carbonyl (C=O) groups excluding carboxylic acids is 1. The van der Waals surface area contributed by atoms with Gasteiger partial charge in [-0.05, 0) is 61.7 Å². The quantitative estimate of drug-likeness (QED) is 0.707. The zero-order valence-corrected chi connectivity index (χ0v) is 15.5. The maximum atomic E-state index is 12.3. The molecular weight excluding hydrogens is 334 g/mol. The molecular formula is C21H26ClNO2. The van der Waals surface area contributed by atoms with Gasteiger partial charge in [0.2, 0.25) is 0 Å². The highest BCUT2D eigenvalue weighted by atomic mass is 35.5. The molecule has 0 unspecified atom stereocenters. The van der Waals surface area contributed by atoms with Gasteiger partial charge in [0, 0.05) is 18.5 Å². The Balaban J connectivity index is 0.00000225. The van der Waals surface area contributed by atoms with E-state index < -0.39 is 0 Å². The Morgan fingerprint density at radius 2 is 1.68 bits per heavy atom. The zero-order chi connectivity index (χ0) is 16.8. The van der Waals surface area contributed by atoms with E-state index in [1.807, 2.05) is 24.3 Å². The predicted molar refractivity (Wildman–Crippen MR) is 104 cm³/mol. The lowest BCUT2D eigenvalue weighted by atomic mass is 9.89. The summed E-state index contributed by atoms with van der Waals surface area (Å²) in [5.74, 6) is 1.66. The molecule has 134 valence electrons. The van der Waals surface area contributed by atoms with Crippen LogP contribution in [0.3, 0.4) is 0 Å². The van der Waals surface area contributed by atoms with Crippen molar-refractivity contribution in [3.63, 3.8) is 0 Å². The lowest BCUT2D eigenvalue weighted by molar-refractivity contribution is 0.0956. The monoisotopic (exact) mass is 359 g/mol. The van der Waals surface area contributed by atoms with Crippen molar-refractivity contribution in [1.29, 1.82) is 0 Å². The van der Waals surface area contributed by atoms with Crippen LogP contribution >= 0.6 is 12.4 Å². The normalized spacial score (nSPS) is 15.4. The molecule has 0 spiro atoms. The molecule has 1 aliphatic rings. The van der Waals surface area contributed by atoms with Crippen LogP contribution in [0.2, 0.25) is 0 Å². The number of hydrogen-bond acceptors (Lipinski definition) is 3. The molecule has 1 aliphatic heterocycles. The summed E-state index contributed by atoms with van der Waals surface area (Å²) in [6.45, 7) is 3.01. The van der Waals surface area contributed by atoms with Gasteiger partial charge < -0.3 is 9.64 Å². The van der Waals surface area contributed by atoms with E-state index >= 15 is 0 Å². The Morgan fingerprint density at radius 3 is 2.28 bits per heavy atom. The Bertz CT molecular complexity index is 649. The molecule has 0 aromatic heterocycles. The average molecular weight is 360 g/mol. The molecule has 1 saturated heterocycles. The van der Waals surface area contributed by atoms with Crippen LogP contribution in [0.5, 0.6) is 5.75 Å². The van der Waals surface area contributed by atoms with Gasteiger partial charge in [-0.2, -0.15) is 0 Å². The molecule has 0 radical (unpaired) electrons. The number of Topliss-reactive ketones (excluding diaryl/α,β-unsaturated/α-hetero) is 1. The number of likely N-dealkylation sites (tertiary alicyclic amines) is 1. The smallest absolute Gasteiger partial charge is 0.164 e. The maximum absolute atomic E-state index is 12.3. The third-order valence-corrected chi connectivity index (χ3v) is 4.93. The molecule has 3 nitrogen and oxygen atoms in total. The van der Waals surface area contributed by atoms with Crippen LogP contribution in [0, 0.1) is 0 Å². The second kappa shape index (κ2) is 9.59. The number of ketones is 1. The second-order valence-electron chi connectivity index (χ2n) is 6.43. The fourth-order valence-electron chi connectivity index (χ4n) is 3.40. The van der Waals surface area contributed by atoms with E-state index in [0.717, 1.165) is 30.9 Å². The summed E-state index contributed by atoms with van der Waals surface area (Å²) in [6.07, 6.45) is 2.95. The summed E-state index contributed by atoms with van der Waals surface area (Å²) in [4.78, 5) is 14.7. The minimum atomic E-state index is 0. The van der Waals surface area contributed by atoms with Crippen LogP contribution in [0.25, 0.3) is 0 Å². The van der Waals surface area contributed by atoms with Crippen molar-refractivity contribution in [3.8, 4) is 5.75 Å². The number of ether oxygens (including phenoxy) is 1. The molecule has 0 amide bonds. The Kier molecular flexibility index (Phi) is 7.48. The van der Waals surface area contributed by atoms with E-state index in [0.29, 0.717) is 12.3 Å². The summed E-state index contributed by atoms with van der Waals surface area (Å²) in [5, 5.41) is 0. The topological polar surface area (TPSA) is 29.5 Å². The zero-order valence-electron chi connectivity index (χ0n) is 14.7. The Morgan fingerprint density at radius 1 is 1.04 bits per heavy atom. The summed E-state index contributed by atoms with van der Waals surface area (Å²) in [7, 11) is 1.63. The van der Waals surface area contributed by atoms with E-state index in [1.165, 1.54) is 18.4 Å². The summed E-state index contributed by atoms with van der Waals surface area (Å²) < 4.78 is 5.13. The maximum Gasteiger partial charge on any atom is 0.164 e. The number of nitrogens with zero attached hydrogens (tertiary/aromatic N) is 1. The van der Waals surface area contributed by atoms with E-state index in [4.69, 9.17) is 4.74 Å². The number of benzene rings is 2. The van der Waals surface area contributed by atoms with E-state index in [-0.39, 0.29) is 18.2 Å². The Hall–Kier alpha value is -1.84. The molecule has 4 heteroatoms. The largest absolute Gasteiger partial charge is 0.497 e. The number of hydrogen-bond donors (Lipinski definition) is 0. The fraction of sp³-hybridized carbons (Fsp3) is 0.381. The number of piperidine rings is 1. The SMILES string of the molecule is COc1ccc(C(=O)CCN2CCC(c3ccccc3)CC2)cc1.Cl. The molecule has 25 heavy (non-hydrogen) atoms. The van der Waals surface area contributed by atoms with Gasteiger partial charge in [-0.15, -0.1) is 12.4 Å². The summed E-state index contributed by atoms with van der Waals surface area (Å²) >= 11 is 0. The van der Waals surface area contributed by atoms with Crippen molar-refractivity contribution in [1.82, 2.24) is 4.90 Å². The molecule has 0 bridgehead atoms. The van der Waals surface area contributed by atoms with Gasteiger partial charge >= 0.3 is 0 Å². The highest BCUT2D eigenvalue weighted by Gasteiger charge is 2.20. The van der Waals surface area contributed by atoms with Crippen molar-refractivity contribution in [2.75, 3.05) is 26.7 Å². The van der Waals surface area contributed by atoms with Gasteiger partial charge in [-0.3, -0.25) is 4.79 Å². The number of halogens is 1. The molecule has 0 aliphatic carbocycles. The van der Waals surface area contributed by atoms with Crippen molar-refractivity contribution in [2.45, 2.75) is 25.2 Å². The minimum Gasteiger partial charge on any atom is -0.497 e. The standard InChI is InChI=1S/C21H25NO2.ClH/c1-24-20-9-7-19(8-10-20)21(23)13-16-22-14-11-18(12-15-22)17-5-3-2-4-6-17;/h2-10,18H,11-16H2,1H3;1H. The average Bonchev–Trinajstić information content (AvgIpc) is 2.67. The lowest BCUT2D eigenvalue weighted by Crippen LogP contribution is -2.34. The van der Waals surface area contributed by atoms with Gasteiger partial charge in [0.1, 0.15) is 5.75 Å². The summed E-state index contributed by atoms with van der Waals surface area (Å²) in [6, 6.07) is 18.2. The van der Waals surface area contributed by atoms with Crippen LogP contribution in [-0.2, 0) is 0 Å². The van der Waals surface area contributed by atoms with E-state index in [9.17, 15) is 4.79 Å². The van der Waals surface area contributed by atoms with Gasteiger partial charge in [-0.1, -0.05) is 30.3 Å². The third-order valence-electron chi connectivity index (χ3n) is 4.93. The number of carbonyl (C=O) groups is 1. The van der Waals surface area contributed by atoms with Crippen molar-refractivity contribution < 1.29 is 9.53 Å². The first-order valence-corrected chi connectivity index (χ1v) is 8.71. The van der Waals surface area contributed by atoms with Crippen LogP contribution in [0.1, 0.15) is 41.1 Å². The van der Waals surface area contributed by atoms with Gasteiger partial charge in [-0.25, -0.2) is 0 Å². The number of rotatable bonds is 6. The van der Waals surface area contributed by atoms with E-state index in [1.54, 1.807) is 7.11 Å². The van der Waals surface area contributed by atoms with Crippen molar-refractivity contribution >= 4 is 18.2 Å². The second-order valence-corrected chi connectivity index (χ2v) is 6.43. The van der Waals surface area contributed by atoms with Gasteiger partial charge in [0.15, 0.2) is 5.78 Å². The minimum absolute atomic E-state index is 0. The van der Waals surface area contributed by atoms with E-state index in [2.05, 4.69) is 35.2 Å². The summed E-state index contributed by atoms with van der Waals surface area (Å²) in [5.41, 5.74) is 2.22. The van der Waals surface area contributed by atoms with Gasteiger partial charge in [0.05, 0.1) is 7.11 Å². The van der Waals surface area contributed by atoms with Crippen LogP contribution in [0.4, 0.5) is 0 Å². The first-order chi connectivity index (χ1) is 11.8. The first kappa shape index (κ1) is 19.5. The van der Waals surface area contributed by atoms with Crippen LogP contribution in [0.15, 0.2) is 54.6 Å². The molecule has 0 atom stereocenters. The van der Waals surface area contributed by atoms with Crippen LogP contribution < -0.4 is 4.74 Å².